The zero-order valence-corrected chi connectivity index (χ0v) is 20.0. The Kier molecular flexibility index (Phi) is 8.72. The standard InChI is InChI=1S/C26H35N3O4/c1-5-28(6-2)22(14-19-10-8-7-9-11-19)17-27-26(31)20-15-25(30)29(18-20)21-12-13-23(32-3)24(16-21)33-4/h7-13,16,20,22H,5-6,14-15,17-18H2,1-4H3,(H,27,31). The molecule has 2 atom stereocenters. The van der Waals surface area contributed by atoms with Gasteiger partial charge in [0.15, 0.2) is 11.5 Å². The first-order valence-corrected chi connectivity index (χ1v) is 11.6. The number of methoxy groups -OCH3 is 2. The molecule has 1 aliphatic rings. The minimum Gasteiger partial charge on any atom is -0.493 e. The first-order chi connectivity index (χ1) is 16.0. The number of benzene rings is 2. The van der Waals surface area contributed by atoms with Gasteiger partial charge < -0.3 is 19.7 Å². The van der Waals surface area contributed by atoms with Gasteiger partial charge in [-0.05, 0) is 37.2 Å². The second-order valence-electron chi connectivity index (χ2n) is 8.25. The van der Waals surface area contributed by atoms with Gasteiger partial charge >= 0.3 is 0 Å². The van der Waals surface area contributed by atoms with E-state index >= 15 is 0 Å². The summed E-state index contributed by atoms with van der Waals surface area (Å²) in [6.45, 7) is 7.02. The highest BCUT2D eigenvalue weighted by Gasteiger charge is 2.35. The summed E-state index contributed by atoms with van der Waals surface area (Å²) in [5.41, 5.74) is 1.96. The van der Waals surface area contributed by atoms with E-state index in [0.717, 1.165) is 19.5 Å². The number of nitrogens with zero attached hydrogens (tertiary/aromatic N) is 2. The molecule has 2 unspecified atom stereocenters. The molecule has 0 saturated carbocycles. The predicted molar refractivity (Wildman–Crippen MR) is 130 cm³/mol. The van der Waals surface area contributed by atoms with Crippen molar-refractivity contribution in [3.63, 3.8) is 0 Å². The van der Waals surface area contributed by atoms with Crippen molar-refractivity contribution in [3.8, 4) is 11.5 Å². The predicted octanol–water partition coefficient (Wildman–Crippen LogP) is 3.13. The molecule has 1 heterocycles. The number of likely N-dealkylation sites (N-methyl/N-ethyl adjacent to an activating group) is 1. The monoisotopic (exact) mass is 453 g/mol. The van der Waals surface area contributed by atoms with Crippen LogP contribution in [0, 0.1) is 5.92 Å². The largest absolute Gasteiger partial charge is 0.493 e. The lowest BCUT2D eigenvalue weighted by Gasteiger charge is -2.30. The fourth-order valence-electron chi connectivity index (χ4n) is 4.44. The fourth-order valence-corrected chi connectivity index (χ4v) is 4.44. The molecule has 7 heteroatoms. The van der Waals surface area contributed by atoms with E-state index in [1.165, 1.54) is 5.56 Å². The number of hydrogen-bond acceptors (Lipinski definition) is 5. The zero-order chi connectivity index (χ0) is 23.8. The van der Waals surface area contributed by atoms with E-state index in [2.05, 4.69) is 36.2 Å². The number of anilines is 1. The van der Waals surface area contributed by atoms with E-state index in [-0.39, 0.29) is 30.2 Å². The van der Waals surface area contributed by atoms with Crippen molar-refractivity contribution in [2.75, 3.05) is 45.3 Å². The number of rotatable bonds is 11. The lowest BCUT2D eigenvalue weighted by Crippen LogP contribution is -2.46. The van der Waals surface area contributed by atoms with Gasteiger partial charge in [-0.25, -0.2) is 0 Å². The van der Waals surface area contributed by atoms with Gasteiger partial charge in [0.05, 0.1) is 20.1 Å². The molecule has 0 bridgehead atoms. The highest BCUT2D eigenvalue weighted by Crippen LogP contribution is 2.34. The Morgan fingerprint density at radius 3 is 2.42 bits per heavy atom. The van der Waals surface area contributed by atoms with Crippen LogP contribution in [0.4, 0.5) is 5.69 Å². The van der Waals surface area contributed by atoms with Gasteiger partial charge in [-0.1, -0.05) is 44.2 Å². The molecule has 3 rings (SSSR count). The normalized spacial score (nSPS) is 16.7. The van der Waals surface area contributed by atoms with Crippen LogP contribution < -0.4 is 19.7 Å². The summed E-state index contributed by atoms with van der Waals surface area (Å²) in [4.78, 5) is 29.7. The third kappa shape index (κ3) is 6.05. The fraction of sp³-hybridized carbons (Fsp3) is 0.462. The summed E-state index contributed by atoms with van der Waals surface area (Å²) in [6.07, 6.45) is 1.07. The van der Waals surface area contributed by atoms with Gasteiger partial charge in [-0.15, -0.1) is 0 Å². The Balaban J connectivity index is 1.64. The molecule has 0 radical (unpaired) electrons. The van der Waals surface area contributed by atoms with Gasteiger partial charge in [0.25, 0.3) is 0 Å². The topological polar surface area (TPSA) is 71.1 Å². The molecule has 1 fully saturated rings. The molecule has 7 nitrogen and oxygen atoms in total. The highest BCUT2D eigenvalue weighted by atomic mass is 16.5. The van der Waals surface area contributed by atoms with Crippen LogP contribution in [-0.2, 0) is 16.0 Å². The smallest absolute Gasteiger partial charge is 0.227 e. The zero-order valence-electron chi connectivity index (χ0n) is 20.0. The maximum atomic E-state index is 13.0. The van der Waals surface area contributed by atoms with Crippen LogP contribution in [0.25, 0.3) is 0 Å². The Hall–Kier alpha value is -3.06. The first-order valence-electron chi connectivity index (χ1n) is 11.6. The van der Waals surface area contributed by atoms with Gasteiger partial charge in [-0.2, -0.15) is 0 Å². The number of amides is 2. The van der Waals surface area contributed by atoms with Crippen molar-refractivity contribution >= 4 is 17.5 Å². The number of carbonyl (C=O) groups excluding carboxylic acids is 2. The van der Waals surface area contributed by atoms with Crippen LogP contribution in [0.3, 0.4) is 0 Å². The first kappa shape index (κ1) is 24.6. The van der Waals surface area contributed by atoms with Gasteiger partial charge in [0, 0.05) is 37.3 Å². The molecule has 2 aromatic rings. The molecule has 0 spiro atoms. The summed E-state index contributed by atoms with van der Waals surface area (Å²) in [7, 11) is 3.13. The lowest BCUT2D eigenvalue weighted by molar-refractivity contribution is -0.126. The van der Waals surface area contributed by atoms with Gasteiger partial charge in [0.2, 0.25) is 11.8 Å². The Bertz CT molecular complexity index is 930. The lowest BCUT2D eigenvalue weighted by atomic mass is 10.0. The number of hydrogen-bond donors (Lipinski definition) is 1. The van der Waals surface area contributed by atoms with E-state index in [4.69, 9.17) is 9.47 Å². The second-order valence-corrected chi connectivity index (χ2v) is 8.25. The van der Waals surface area contributed by atoms with Crippen LogP contribution in [-0.4, -0.2) is 63.2 Å². The second kappa shape index (κ2) is 11.7. The van der Waals surface area contributed by atoms with E-state index in [1.807, 2.05) is 24.3 Å². The molecule has 1 aliphatic heterocycles. The van der Waals surface area contributed by atoms with Crippen LogP contribution in [0.2, 0.25) is 0 Å². The molecule has 2 aromatic carbocycles. The van der Waals surface area contributed by atoms with Crippen LogP contribution in [0.5, 0.6) is 11.5 Å². The maximum Gasteiger partial charge on any atom is 0.227 e. The van der Waals surface area contributed by atoms with Crippen LogP contribution in [0.1, 0.15) is 25.8 Å². The highest BCUT2D eigenvalue weighted by molar-refractivity contribution is 6.00. The number of ether oxygens (including phenoxy) is 2. The number of carbonyl (C=O) groups is 2. The molecule has 0 aliphatic carbocycles. The van der Waals surface area contributed by atoms with Gasteiger partial charge in [0.1, 0.15) is 0 Å². The Morgan fingerprint density at radius 2 is 1.79 bits per heavy atom. The molecule has 178 valence electrons. The molecule has 1 N–H and O–H groups in total. The summed E-state index contributed by atoms with van der Waals surface area (Å²) in [6, 6.07) is 15.9. The van der Waals surface area contributed by atoms with E-state index in [1.54, 1.807) is 31.3 Å². The average molecular weight is 454 g/mol. The van der Waals surface area contributed by atoms with Crippen molar-refractivity contribution in [1.82, 2.24) is 10.2 Å². The average Bonchev–Trinajstić information content (AvgIpc) is 3.24. The summed E-state index contributed by atoms with van der Waals surface area (Å²) in [5.74, 6) is 0.643. The molecule has 1 saturated heterocycles. The van der Waals surface area contributed by atoms with Crippen molar-refractivity contribution < 1.29 is 19.1 Å². The minimum atomic E-state index is -0.375. The molecule has 0 aromatic heterocycles. The van der Waals surface area contributed by atoms with Gasteiger partial charge in [-0.3, -0.25) is 14.5 Å². The molecular weight excluding hydrogens is 418 g/mol. The maximum absolute atomic E-state index is 13.0. The Morgan fingerprint density at radius 1 is 1.09 bits per heavy atom. The third-order valence-electron chi connectivity index (χ3n) is 6.33. The van der Waals surface area contributed by atoms with Crippen molar-refractivity contribution in [2.24, 2.45) is 5.92 Å². The van der Waals surface area contributed by atoms with Crippen molar-refractivity contribution in [1.29, 1.82) is 0 Å². The minimum absolute atomic E-state index is 0.0630. The molecular formula is C26H35N3O4. The van der Waals surface area contributed by atoms with Crippen molar-refractivity contribution in [3.05, 3.63) is 54.1 Å². The summed E-state index contributed by atoms with van der Waals surface area (Å²) >= 11 is 0. The summed E-state index contributed by atoms with van der Waals surface area (Å²) < 4.78 is 10.6. The number of nitrogens with one attached hydrogen (secondary N) is 1. The van der Waals surface area contributed by atoms with E-state index in [9.17, 15) is 9.59 Å². The van der Waals surface area contributed by atoms with Crippen LogP contribution >= 0.6 is 0 Å². The Labute approximate surface area is 196 Å². The summed E-state index contributed by atoms with van der Waals surface area (Å²) in [5, 5.41) is 3.12. The van der Waals surface area contributed by atoms with E-state index < -0.39 is 0 Å². The quantitative estimate of drug-likeness (QED) is 0.566. The van der Waals surface area contributed by atoms with Crippen molar-refractivity contribution in [2.45, 2.75) is 32.7 Å². The SMILES string of the molecule is CCN(CC)C(CNC(=O)C1CC(=O)N(c2ccc(OC)c(OC)c2)C1)Cc1ccccc1. The van der Waals surface area contributed by atoms with E-state index in [0.29, 0.717) is 30.3 Å². The third-order valence-corrected chi connectivity index (χ3v) is 6.33. The molecule has 33 heavy (non-hydrogen) atoms. The van der Waals surface area contributed by atoms with Crippen LogP contribution in [0.15, 0.2) is 48.5 Å². The molecule has 2 amide bonds.